The molecule has 0 saturated heterocycles. The third kappa shape index (κ3) is 4.07. The molecule has 0 atom stereocenters. The van der Waals surface area contributed by atoms with Gasteiger partial charge in [0, 0.05) is 11.6 Å². The van der Waals surface area contributed by atoms with E-state index in [0.29, 0.717) is 0 Å². The minimum absolute atomic E-state index is 0.0977. The quantitative estimate of drug-likeness (QED) is 0.457. The molecule has 0 bridgehead atoms. The molecule has 0 heterocycles. The van der Waals surface area contributed by atoms with Gasteiger partial charge in [-0.15, -0.1) is 0 Å². The molecular formula is C9H15N. The zero-order valence-electron chi connectivity index (χ0n) is 6.89. The summed E-state index contributed by atoms with van der Waals surface area (Å²) in [5, 5.41) is 7.04. The summed E-state index contributed by atoms with van der Waals surface area (Å²) in [4.78, 5) is 0. The number of nitrogens with one attached hydrogen (secondary N) is 1. The predicted octanol–water partition coefficient (Wildman–Crippen LogP) is 2.79. The van der Waals surface area contributed by atoms with Gasteiger partial charge in [-0.1, -0.05) is 38.2 Å². The summed E-state index contributed by atoms with van der Waals surface area (Å²) < 4.78 is 0. The van der Waals surface area contributed by atoms with E-state index in [0.717, 1.165) is 0 Å². The molecular weight excluding hydrogens is 122 g/mol. The van der Waals surface area contributed by atoms with Crippen LogP contribution in [0, 0.1) is 10.8 Å². The average molecular weight is 137 g/mol. The van der Waals surface area contributed by atoms with Gasteiger partial charge < -0.3 is 5.41 Å². The maximum Gasteiger partial charge on any atom is 0.0175 e. The van der Waals surface area contributed by atoms with Gasteiger partial charge in [-0.25, -0.2) is 0 Å². The van der Waals surface area contributed by atoms with E-state index in [1.807, 2.05) is 45.1 Å². The summed E-state index contributed by atoms with van der Waals surface area (Å²) in [6, 6.07) is 0. The second-order valence-electron chi connectivity index (χ2n) is 2.85. The fraction of sp³-hybridized carbons (Fsp3) is 0.444. The lowest BCUT2D eigenvalue weighted by atomic mass is 9.95. The van der Waals surface area contributed by atoms with Crippen molar-refractivity contribution >= 4 is 6.21 Å². The summed E-state index contributed by atoms with van der Waals surface area (Å²) >= 11 is 0. The van der Waals surface area contributed by atoms with Gasteiger partial charge in [0.05, 0.1) is 0 Å². The first-order valence-corrected chi connectivity index (χ1v) is 3.44. The molecule has 0 aliphatic heterocycles. The Kier molecular flexibility index (Phi) is 3.70. The topological polar surface area (TPSA) is 23.9 Å². The molecule has 0 rings (SSSR count). The van der Waals surface area contributed by atoms with Crippen molar-refractivity contribution in [2.45, 2.75) is 20.8 Å². The van der Waals surface area contributed by atoms with Gasteiger partial charge in [0.1, 0.15) is 0 Å². The summed E-state index contributed by atoms with van der Waals surface area (Å²) in [6.07, 6.45) is 9.33. The number of allylic oxidation sites excluding steroid dienone is 4. The van der Waals surface area contributed by atoms with E-state index in [-0.39, 0.29) is 5.41 Å². The molecule has 1 nitrogen and oxygen atoms in total. The standard InChI is InChI=1S/C9H15N/c1-4-5-6-7-9(2,3)8-10/h4-8,10H,1-3H3/b5-4-,7-6-,10-8?. The Morgan fingerprint density at radius 1 is 1.20 bits per heavy atom. The molecule has 0 aliphatic rings. The molecule has 0 fully saturated rings. The smallest absolute Gasteiger partial charge is 0.0175 e. The fourth-order valence-electron chi connectivity index (χ4n) is 0.463. The third-order valence-electron chi connectivity index (χ3n) is 1.20. The van der Waals surface area contributed by atoms with Gasteiger partial charge in [0.25, 0.3) is 0 Å². The number of rotatable bonds is 3. The van der Waals surface area contributed by atoms with Crippen LogP contribution in [-0.4, -0.2) is 6.21 Å². The van der Waals surface area contributed by atoms with Crippen LogP contribution in [0.25, 0.3) is 0 Å². The molecule has 0 amide bonds. The monoisotopic (exact) mass is 137 g/mol. The Hall–Kier alpha value is -0.850. The molecule has 0 aromatic rings. The van der Waals surface area contributed by atoms with Crippen molar-refractivity contribution in [3.8, 4) is 0 Å². The van der Waals surface area contributed by atoms with Crippen LogP contribution in [0.4, 0.5) is 0 Å². The Balaban J connectivity index is 3.98. The second kappa shape index (κ2) is 4.04. The van der Waals surface area contributed by atoms with Crippen LogP contribution >= 0.6 is 0 Å². The minimum Gasteiger partial charge on any atom is -0.312 e. The Labute approximate surface area is 63.0 Å². The van der Waals surface area contributed by atoms with Crippen LogP contribution in [-0.2, 0) is 0 Å². The van der Waals surface area contributed by atoms with E-state index in [1.165, 1.54) is 6.21 Å². The van der Waals surface area contributed by atoms with E-state index in [4.69, 9.17) is 5.41 Å². The molecule has 0 radical (unpaired) electrons. The normalized spacial score (nSPS) is 13.1. The lowest BCUT2D eigenvalue weighted by Gasteiger charge is -2.10. The highest BCUT2D eigenvalue weighted by atomic mass is 14.4. The summed E-state index contributed by atoms with van der Waals surface area (Å²) in [5.74, 6) is 0. The van der Waals surface area contributed by atoms with Crippen molar-refractivity contribution in [2.75, 3.05) is 0 Å². The van der Waals surface area contributed by atoms with Crippen molar-refractivity contribution in [2.24, 2.45) is 5.41 Å². The van der Waals surface area contributed by atoms with Crippen molar-refractivity contribution in [1.82, 2.24) is 0 Å². The molecule has 0 unspecified atom stereocenters. The van der Waals surface area contributed by atoms with Gasteiger partial charge in [-0.05, 0) is 6.92 Å². The molecule has 0 aromatic carbocycles. The maximum atomic E-state index is 7.04. The first-order valence-electron chi connectivity index (χ1n) is 3.44. The molecule has 0 aliphatic carbocycles. The SMILES string of the molecule is C/C=C\C=C/C(C)(C)C=N. The zero-order valence-corrected chi connectivity index (χ0v) is 6.89. The van der Waals surface area contributed by atoms with Crippen LogP contribution in [0.5, 0.6) is 0 Å². The zero-order chi connectivity index (χ0) is 8.04. The third-order valence-corrected chi connectivity index (χ3v) is 1.20. The molecule has 0 spiro atoms. The largest absolute Gasteiger partial charge is 0.312 e. The molecule has 1 N–H and O–H groups in total. The predicted molar refractivity (Wildman–Crippen MR) is 46.5 cm³/mol. The molecule has 56 valence electrons. The van der Waals surface area contributed by atoms with Crippen LogP contribution in [0.15, 0.2) is 24.3 Å². The maximum absolute atomic E-state index is 7.04. The van der Waals surface area contributed by atoms with Gasteiger partial charge >= 0.3 is 0 Å². The number of hydrogen-bond acceptors (Lipinski definition) is 1. The van der Waals surface area contributed by atoms with Gasteiger partial charge in [0.15, 0.2) is 0 Å². The highest BCUT2D eigenvalue weighted by molar-refractivity contribution is 5.64. The lowest BCUT2D eigenvalue weighted by Crippen LogP contribution is -2.06. The van der Waals surface area contributed by atoms with Gasteiger partial charge in [-0.2, -0.15) is 0 Å². The van der Waals surface area contributed by atoms with Crippen molar-refractivity contribution in [1.29, 1.82) is 5.41 Å². The highest BCUT2D eigenvalue weighted by Gasteiger charge is 2.06. The Bertz CT molecular complexity index is 152. The van der Waals surface area contributed by atoms with Crippen molar-refractivity contribution in [3.63, 3.8) is 0 Å². The van der Waals surface area contributed by atoms with E-state index in [1.54, 1.807) is 0 Å². The molecule has 0 aromatic heterocycles. The summed E-state index contributed by atoms with van der Waals surface area (Å²) in [7, 11) is 0. The lowest BCUT2D eigenvalue weighted by molar-refractivity contribution is 0.690. The van der Waals surface area contributed by atoms with E-state index in [2.05, 4.69) is 0 Å². The number of hydrogen-bond donors (Lipinski definition) is 1. The van der Waals surface area contributed by atoms with E-state index < -0.39 is 0 Å². The molecule has 10 heavy (non-hydrogen) atoms. The molecule has 1 heteroatoms. The van der Waals surface area contributed by atoms with Crippen LogP contribution in [0.2, 0.25) is 0 Å². The van der Waals surface area contributed by atoms with Crippen LogP contribution in [0.3, 0.4) is 0 Å². The van der Waals surface area contributed by atoms with Crippen molar-refractivity contribution < 1.29 is 0 Å². The van der Waals surface area contributed by atoms with Crippen LogP contribution in [0.1, 0.15) is 20.8 Å². The van der Waals surface area contributed by atoms with E-state index >= 15 is 0 Å². The average Bonchev–Trinajstić information content (AvgIpc) is 1.89. The summed E-state index contributed by atoms with van der Waals surface area (Å²) in [6.45, 7) is 5.97. The highest BCUT2D eigenvalue weighted by Crippen LogP contribution is 2.12. The minimum atomic E-state index is -0.0977. The van der Waals surface area contributed by atoms with E-state index in [9.17, 15) is 0 Å². The van der Waals surface area contributed by atoms with Gasteiger partial charge in [-0.3, -0.25) is 0 Å². The van der Waals surface area contributed by atoms with Crippen molar-refractivity contribution in [3.05, 3.63) is 24.3 Å². The summed E-state index contributed by atoms with van der Waals surface area (Å²) in [5.41, 5.74) is -0.0977. The van der Waals surface area contributed by atoms with Crippen LogP contribution < -0.4 is 0 Å². The fourth-order valence-corrected chi connectivity index (χ4v) is 0.463. The second-order valence-corrected chi connectivity index (χ2v) is 2.85. The van der Waals surface area contributed by atoms with Gasteiger partial charge in [0.2, 0.25) is 0 Å². The molecule has 0 saturated carbocycles. The first-order chi connectivity index (χ1) is 4.62. The first kappa shape index (κ1) is 9.15. The Morgan fingerprint density at radius 2 is 1.80 bits per heavy atom. The Morgan fingerprint density at radius 3 is 2.20 bits per heavy atom.